The van der Waals surface area contributed by atoms with Crippen LogP contribution in [0.5, 0.6) is 5.75 Å². The molecule has 49 heavy (non-hydrogen) atoms. The molecule has 0 bridgehead atoms. The zero-order chi connectivity index (χ0) is 35.3. The maximum atomic E-state index is 15.2. The topological polar surface area (TPSA) is 9.23 Å². The molecule has 0 saturated heterocycles. The molecule has 0 fully saturated rings. The van der Waals surface area contributed by atoms with E-state index in [4.69, 9.17) is 0 Å². The van der Waals surface area contributed by atoms with Gasteiger partial charge in [0.25, 0.3) is 0 Å². The lowest BCUT2D eigenvalue weighted by molar-refractivity contribution is -0.189. The Balaban J connectivity index is 1.30. The number of hydrogen-bond donors (Lipinski definition) is 0. The van der Waals surface area contributed by atoms with E-state index in [1.54, 1.807) is 6.07 Å². The molecule has 256 valence electrons. The fraction of sp³-hybridized carbons (Fsp3) is 0.231. The van der Waals surface area contributed by atoms with E-state index in [2.05, 4.69) is 11.7 Å². The van der Waals surface area contributed by atoms with Crippen molar-refractivity contribution in [1.29, 1.82) is 0 Å². The lowest BCUT2D eigenvalue weighted by Crippen LogP contribution is -2.25. The summed E-state index contributed by atoms with van der Waals surface area (Å²) in [5.74, 6) is -11.5. The predicted octanol–water partition coefficient (Wildman–Crippen LogP) is 12.7. The second-order valence-corrected chi connectivity index (χ2v) is 11.7. The molecule has 5 aromatic carbocycles. The van der Waals surface area contributed by atoms with Crippen LogP contribution in [-0.4, -0.2) is 0 Å². The molecule has 0 atom stereocenters. The second-order valence-electron chi connectivity index (χ2n) is 11.7. The van der Waals surface area contributed by atoms with Crippen molar-refractivity contribution in [2.45, 2.75) is 58.0 Å². The Kier molecular flexibility index (Phi) is 11.1. The zero-order valence-electron chi connectivity index (χ0n) is 26.3. The van der Waals surface area contributed by atoms with Gasteiger partial charge in [-0.1, -0.05) is 75.4 Å². The van der Waals surface area contributed by atoms with Crippen LogP contribution >= 0.6 is 0 Å². The van der Waals surface area contributed by atoms with Gasteiger partial charge in [-0.3, -0.25) is 0 Å². The van der Waals surface area contributed by atoms with Gasteiger partial charge < -0.3 is 4.74 Å². The van der Waals surface area contributed by atoms with Crippen LogP contribution in [-0.2, 0) is 12.5 Å². The van der Waals surface area contributed by atoms with Gasteiger partial charge in [0, 0.05) is 17.2 Å². The summed E-state index contributed by atoms with van der Waals surface area (Å²) >= 11 is 0. The number of benzene rings is 5. The number of aryl methyl sites for hydroxylation is 1. The van der Waals surface area contributed by atoms with E-state index in [0.29, 0.717) is 35.9 Å². The van der Waals surface area contributed by atoms with E-state index < -0.39 is 69.3 Å². The molecule has 0 unspecified atom stereocenters. The van der Waals surface area contributed by atoms with Crippen LogP contribution in [0.1, 0.15) is 56.6 Å². The van der Waals surface area contributed by atoms with Crippen molar-refractivity contribution in [3.05, 3.63) is 137 Å². The van der Waals surface area contributed by atoms with Gasteiger partial charge in [-0.15, -0.1) is 0 Å². The molecule has 0 aliphatic rings. The fourth-order valence-corrected chi connectivity index (χ4v) is 5.61. The van der Waals surface area contributed by atoms with E-state index >= 15 is 22.0 Å². The molecular formula is C39H31F9O. The summed E-state index contributed by atoms with van der Waals surface area (Å²) in [5.41, 5.74) is -0.905. The van der Waals surface area contributed by atoms with E-state index in [-0.39, 0.29) is 11.1 Å². The minimum Gasteiger partial charge on any atom is -0.429 e. The van der Waals surface area contributed by atoms with Crippen LogP contribution in [0.3, 0.4) is 0 Å². The normalized spacial score (nSPS) is 11.6. The molecule has 5 aromatic rings. The van der Waals surface area contributed by atoms with Crippen LogP contribution in [0.15, 0.2) is 84.9 Å². The maximum absolute atomic E-state index is 15.2. The van der Waals surface area contributed by atoms with Crippen molar-refractivity contribution in [3.8, 4) is 39.1 Å². The first-order valence-electron chi connectivity index (χ1n) is 15.8. The fourth-order valence-electron chi connectivity index (χ4n) is 5.61. The van der Waals surface area contributed by atoms with Crippen LogP contribution in [0.2, 0.25) is 0 Å². The summed E-state index contributed by atoms with van der Waals surface area (Å²) in [6, 6.07) is 15.8. The Morgan fingerprint density at radius 1 is 0.490 bits per heavy atom. The maximum Gasteiger partial charge on any atom is 0.432 e. The average molecular weight is 687 g/mol. The van der Waals surface area contributed by atoms with Crippen LogP contribution in [0.25, 0.3) is 33.4 Å². The predicted molar refractivity (Wildman–Crippen MR) is 170 cm³/mol. The Bertz CT molecular complexity index is 1890. The molecule has 5 rings (SSSR count). The van der Waals surface area contributed by atoms with Gasteiger partial charge in [0.1, 0.15) is 34.6 Å². The second kappa shape index (κ2) is 15.2. The molecule has 10 heteroatoms. The lowest BCUT2D eigenvalue weighted by Gasteiger charge is -2.20. The quantitative estimate of drug-likeness (QED) is 0.0681. The Morgan fingerprint density at radius 2 is 0.980 bits per heavy atom. The van der Waals surface area contributed by atoms with Crippen molar-refractivity contribution in [3.63, 3.8) is 0 Å². The van der Waals surface area contributed by atoms with Crippen molar-refractivity contribution in [2.24, 2.45) is 0 Å². The third-order valence-electron chi connectivity index (χ3n) is 8.20. The summed E-state index contributed by atoms with van der Waals surface area (Å²) < 4.78 is 135. The number of ether oxygens (including phenoxy) is 1. The third-order valence-corrected chi connectivity index (χ3v) is 8.20. The molecule has 0 saturated carbocycles. The van der Waals surface area contributed by atoms with Gasteiger partial charge in [0.15, 0.2) is 17.5 Å². The number of rotatable bonds is 13. The largest absolute Gasteiger partial charge is 0.432 e. The van der Waals surface area contributed by atoms with Crippen LogP contribution < -0.4 is 4.74 Å². The summed E-state index contributed by atoms with van der Waals surface area (Å²) in [6.07, 6.45) is 3.37. The molecule has 0 aliphatic carbocycles. The molecule has 0 aliphatic heterocycles. The molecule has 0 spiro atoms. The van der Waals surface area contributed by atoms with Crippen molar-refractivity contribution in [1.82, 2.24) is 0 Å². The Hall–Kier alpha value is -4.73. The molecule has 0 aromatic heterocycles. The minimum atomic E-state index is -4.67. The van der Waals surface area contributed by atoms with Crippen LogP contribution in [0, 0.1) is 40.7 Å². The number of halogens is 9. The zero-order valence-corrected chi connectivity index (χ0v) is 26.3. The van der Waals surface area contributed by atoms with Crippen molar-refractivity contribution in [2.75, 3.05) is 0 Å². The highest BCUT2D eigenvalue weighted by Gasteiger charge is 2.41. The average Bonchev–Trinajstić information content (AvgIpc) is 3.04. The van der Waals surface area contributed by atoms with E-state index in [1.807, 2.05) is 24.3 Å². The first-order valence-corrected chi connectivity index (χ1v) is 15.8. The molecule has 0 radical (unpaired) electrons. The molecule has 1 nitrogen and oxygen atoms in total. The number of hydrogen-bond acceptors (Lipinski definition) is 1. The first-order chi connectivity index (χ1) is 23.4. The Labute approximate surface area is 278 Å². The Morgan fingerprint density at radius 3 is 1.55 bits per heavy atom. The summed E-state index contributed by atoms with van der Waals surface area (Å²) in [6.45, 7) is 2.17. The van der Waals surface area contributed by atoms with Gasteiger partial charge in [-0.25, -0.2) is 30.7 Å². The van der Waals surface area contributed by atoms with Crippen LogP contribution in [0.4, 0.5) is 39.5 Å². The minimum absolute atomic E-state index is 0.233. The molecule has 0 heterocycles. The highest BCUT2D eigenvalue weighted by atomic mass is 19.3. The van der Waals surface area contributed by atoms with Gasteiger partial charge in [-0.2, -0.15) is 8.78 Å². The van der Waals surface area contributed by atoms with E-state index in [1.165, 1.54) is 37.8 Å². The third kappa shape index (κ3) is 8.29. The van der Waals surface area contributed by atoms with Crippen molar-refractivity contribution < 1.29 is 44.3 Å². The summed E-state index contributed by atoms with van der Waals surface area (Å²) in [7, 11) is 0. The standard InChI is InChI=1S/C39H31F9O/c1-2-3-4-5-6-7-8-23-9-11-24(12-10-23)25-13-15-29(31(40)17-25)26-18-33(42)37(34(43)19-26)39(47,48)49-28-14-16-30(32(41)22-28)27-20-35(44)38(46)36(45)21-27/h9-22H,2-8H2,1H3. The van der Waals surface area contributed by atoms with E-state index in [0.717, 1.165) is 42.5 Å². The van der Waals surface area contributed by atoms with Gasteiger partial charge in [-0.05, 0) is 83.1 Å². The summed E-state index contributed by atoms with van der Waals surface area (Å²) in [5, 5.41) is 0. The number of unbranched alkanes of at least 4 members (excludes halogenated alkanes) is 5. The highest BCUT2D eigenvalue weighted by molar-refractivity contribution is 5.72. The smallest absolute Gasteiger partial charge is 0.429 e. The SMILES string of the molecule is CCCCCCCCc1ccc(-c2ccc(-c3cc(F)c(C(F)(F)Oc4ccc(-c5cc(F)c(F)c(F)c5)c(F)c4)c(F)c3)c(F)c2)cc1. The lowest BCUT2D eigenvalue weighted by atomic mass is 9.97. The van der Waals surface area contributed by atoms with Gasteiger partial charge >= 0.3 is 6.11 Å². The highest BCUT2D eigenvalue weighted by Crippen LogP contribution is 2.39. The summed E-state index contributed by atoms with van der Waals surface area (Å²) in [4.78, 5) is 0. The number of alkyl halides is 2. The first kappa shape index (κ1) is 35.6. The van der Waals surface area contributed by atoms with Crippen molar-refractivity contribution >= 4 is 0 Å². The molecule has 0 N–H and O–H groups in total. The monoisotopic (exact) mass is 686 g/mol. The van der Waals surface area contributed by atoms with Gasteiger partial charge in [0.05, 0.1) is 0 Å². The molecule has 0 amide bonds. The molecular weight excluding hydrogens is 655 g/mol. The van der Waals surface area contributed by atoms with Gasteiger partial charge in [0.2, 0.25) is 0 Å². The van der Waals surface area contributed by atoms with E-state index in [9.17, 15) is 17.6 Å².